The van der Waals surface area contributed by atoms with E-state index in [4.69, 9.17) is 0 Å². The molecule has 0 saturated heterocycles. The molecule has 4 saturated carbocycles. The second kappa shape index (κ2) is 6.69. The van der Waals surface area contributed by atoms with E-state index in [9.17, 15) is 10.1 Å². The maximum absolute atomic E-state index is 11.9. The zero-order valence-electron chi connectivity index (χ0n) is 15.4. The van der Waals surface area contributed by atoms with Gasteiger partial charge >= 0.3 is 5.69 Å². The standard InChI is InChI=1S/C20H22BrN5O2/c21-15-2-1-3-16(7-15)24-18-17(26(27)28)19(23-11-22-18)25-20-8-12-4-13(9-20)6-14(5-12)10-20/h1-3,7,11-14H,4-6,8-10H2,(H2,22,23,24,25). The normalized spacial score (nSPS) is 30.2. The molecule has 1 aromatic carbocycles. The summed E-state index contributed by atoms with van der Waals surface area (Å²) >= 11 is 3.42. The monoisotopic (exact) mass is 443 g/mol. The van der Waals surface area contributed by atoms with Crippen molar-refractivity contribution in [3.8, 4) is 0 Å². The summed E-state index contributed by atoms with van der Waals surface area (Å²) in [4.78, 5) is 20.0. The summed E-state index contributed by atoms with van der Waals surface area (Å²) in [6, 6.07) is 7.48. The largest absolute Gasteiger partial charge is 0.359 e. The number of nitrogens with zero attached hydrogens (tertiary/aromatic N) is 3. The van der Waals surface area contributed by atoms with E-state index in [0.29, 0.717) is 5.82 Å². The van der Waals surface area contributed by atoms with Crippen LogP contribution in [0.2, 0.25) is 0 Å². The molecule has 0 atom stereocenters. The summed E-state index contributed by atoms with van der Waals surface area (Å²) in [6.45, 7) is 0. The summed E-state index contributed by atoms with van der Waals surface area (Å²) in [5.74, 6) is 2.79. The number of nitro groups is 1. The van der Waals surface area contributed by atoms with E-state index in [1.54, 1.807) is 0 Å². The van der Waals surface area contributed by atoms with Crippen LogP contribution in [-0.2, 0) is 0 Å². The molecule has 8 heteroatoms. The van der Waals surface area contributed by atoms with Crippen LogP contribution in [0.3, 0.4) is 0 Å². The molecule has 0 spiro atoms. The minimum absolute atomic E-state index is 0.0547. The minimum Gasteiger partial charge on any atom is -0.359 e. The highest BCUT2D eigenvalue weighted by atomic mass is 79.9. The van der Waals surface area contributed by atoms with Crippen molar-refractivity contribution in [1.82, 2.24) is 9.97 Å². The lowest BCUT2D eigenvalue weighted by Gasteiger charge is -2.57. The van der Waals surface area contributed by atoms with Crippen LogP contribution >= 0.6 is 15.9 Å². The van der Waals surface area contributed by atoms with E-state index in [1.165, 1.54) is 25.6 Å². The first kappa shape index (κ1) is 17.8. The molecule has 2 aromatic rings. The molecule has 7 nitrogen and oxygen atoms in total. The van der Waals surface area contributed by atoms with Crippen LogP contribution in [-0.4, -0.2) is 20.4 Å². The van der Waals surface area contributed by atoms with Crippen molar-refractivity contribution in [3.05, 3.63) is 45.2 Å². The SMILES string of the molecule is O=[N+]([O-])c1c(Nc2cccc(Br)c2)ncnc1NC12CC3CC(CC(C3)C1)C2. The van der Waals surface area contributed by atoms with Gasteiger partial charge in [0.05, 0.1) is 4.92 Å². The quantitative estimate of drug-likeness (QED) is 0.482. The Labute approximate surface area is 171 Å². The van der Waals surface area contributed by atoms with Crippen molar-refractivity contribution in [3.63, 3.8) is 0 Å². The molecule has 0 amide bonds. The summed E-state index contributed by atoms with van der Waals surface area (Å²) in [5, 5.41) is 18.5. The fourth-order valence-corrected chi connectivity index (χ4v) is 6.35. The van der Waals surface area contributed by atoms with Crippen molar-refractivity contribution in [2.75, 3.05) is 10.6 Å². The smallest absolute Gasteiger partial charge is 0.353 e. The van der Waals surface area contributed by atoms with Gasteiger partial charge in [-0.05, 0) is 74.5 Å². The average Bonchev–Trinajstić information content (AvgIpc) is 2.60. The van der Waals surface area contributed by atoms with Crippen LogP contribution in [0.4, 0.5) is 23.0 Å². The number of halogens is 1. The van der Waals surface area contributed by atoms with E-state index in [-0.39, 0.29) is 22.0 Å². The summed E-state index contributed by atoms with van der Waals surface area (Å²) in [6.07, 6.45) is 8.64. The molecule has 4 fully saturated rings. The molecule has 28 heavy (non-hydrogen) atoms. The zero-order valence-corrected chi connectivity index (χ0v) is 17.0. The Balaban J connectivity index is 1.47. The fourth-order valence-electron chi connectivity index (χ4n) is 5.95. The molecule has 1 aromatic heterocycles. The molecule has 4 aliphatic rings. The van der Waals surface area contributed by atoms with Gasteiger partial charge in [0.2, 0.25) is 11.6 Å². The van der Waals surface area contributed by atoms with E-state index < -0.39 is 0 Å². The first-order valence-corrected chi connectivity index (χ1v) is 10.6. The molecule has 4 bridgehead atoms. The molecular formula is C20H22BrN5O2. The van der Waals surface area contributed by atoms with Gasteiger partial charge < -0.3 is 10.6 Å². The Bertz CT molecular complexity index is 899. The molecule has 146 valence electrons. The Hall–Kier alpha value is -2.22. The first-order chi connectivity index (χ1) is 13.5. The Morgan fingerprint density at radius 3 is 2.32 bits per heavy atom. The highest BCUT2D eigenvalue weighted by Gasteiger charge is 2.51. The van der Waals surface area contributed by atoms with E-state index in [0.717, 1.165) is 47.2 Å². The second-order valence-corrected chi connectivity index (χ2v) is 9.55. The maximum Gasteiger partial charge on any atom is 0.353 e. The predicted molar refractivity (Wildman–Crippen MR) is 111 cm³/mol. The van der Waals surface area contributed by atoms with Gasteiger partial charge in [-0.1, -0.05) is 22.0 Å². The van der Waals surface area contributed by atoms with E-state index in [1.807, 2.05) is 24.3 Å². The van der Waals surface area contributed by atoms with Gasteiger partial charge in [-0.15, -0.1) is 0 Å². The van der Waals surface area contributed by atoms with E-state index in [2.05, 4.69) is 36.5 Å². The van der Waals surface area contributed by atoms with Crippen molar-refractivity contribution >= 4 is 38.9 Å². The Morgan fingerprint density at radius 1 is 1.07 bits per heavy atom. The molecule has 2 N–H and O–H groups in total. The topological polar surface area (TPSA) is 93.0 Å². The van der Waals surface area contributed by atoms with Gasteiger partial charge in [0, 0.05) is 15.7 Å². The van der Waals surface area contributed by atoms with Crippen LogP contribution in [0.25, 0.3) is 0 Å². The Morgan fingerprint density at radius 2 is 1.71 bits per heavy atom. The molecule has 0 radical (unpaired) electrons. The number of aromatic nitrogens is 2. The highest BCUT2D eigenvalue weighted by Crippen LogP contribution is 2.57. The van der Waals surface area contributed by atoms with Gasteiger partial charge in [0.1, 0.15) is 6.33 Å². The second-order valence-electron chi connectivity index (χ2n) is 8.63. The van der Waals surface area contributed by atoms with Gasteiger partial charge in [-0.3, -0.25) is 10.1 Å². The first-order valence-electron chi connectivity index (χ1n) is 9.80. The number of nitrogens with one attached hydrogen (secondary N) is 2. The lowest BCUT2D eigenvalue weighted by molar-refractivity contribution is -0.383. The average molecular weight is 444 g/mol. The molecular weight excluding hydrogens is 422 g/mol. The van der Waals surface area contributed by atoms with Crippen LogP contribution in [0.15, 0.2) is 35.1 Å². The van der Waals surface area contributed by atoms with Gasteiger partial charge in [0.15, 0.2) is 0 Å². The Kier molecular flexibility index (Phi) is 4.26. The van der Waals surface area contributed by atoms with Crippen LogP contribution in [0.5, 0.6) is 0 Å². The number of anilines is 3. The predicted octanol–water partition coefficient (Wildman–Crippen LogP) is 5.27. The van der Waals surface area contributed by atoms with Crippen molar-refractivity contribution in [1.29, 1.82) is 0 Å². The van der Waals surface area contributed by atoms with Crippen LogP contribution in [0.1, 0.15) is 38.5 Å². The third-order valence-corrected chi connectivity index (χ3v) is 7.01. The van der Waals surface area contributed by atoms with Crippen LogP contribution < -0.4 is 10.6 Å². The summed E-state index contributed by atoms with van der Waals surface area (Å²) < 4.78 is 0.890. The van der Waals surface area contributed by atoms with Crippen molar-refractivity contribution in [2.45, 2.75) is 44.1 Å². The summed E-state index contributed by atoms with van der Waals surface area (Å²) in [7, 11) is 0. The third-order valence-electron chi connectivity index (χ3n) is 6.51. The fraction of sp³-hybridized carbons (Fsp3) is 0.500. The molecule has 0 aliphatic heterocycles. The van der Waals surface area contributed by atoms with Gasteiger partial charge in [-0.2, -0.15) is 0 Å². The molecule has 0 unspecified atom stereocenters. The van der Waals surface area contributed by atoms with Gasteiger partial charge in [-0.25, -0.2) is 9.97 Å². The zero-order chi connectivity index (χ0) is 19.3. The molecule has 4 aliphatic carbocycles. The van der Waals surface area contributed by atoms with E-state index >= 15 is 0 Å². The number of hydrogen-bond donors (Lipinski definition) is 2. The third kappa shape index (κ3) is 3.23. The maximum atomic E-state index is 11.9. The number of rotatable bonds is 5. The minimum atomic E-state index is -0.386. The number of hydrogen-bond acceptors (Lipinski definition) is 6. The molecule has 6 rings (SSSR count). The summed E-state index contributed by atoms with van der Waals surface area (Å²) in [5.41, 5.74) is 0.594. The number of benzene rings is 1. The molecule has 1 heterocycles. The van der Waals surface area contributed by atoms with Crippen molar-refractivity contribution < 1.29 is 4.92 Å². The van der Waals surface area contributed by atoms with Gasteiger partial charge in [0.25, 0.3) is 0 Å². The van der Waals surface area contributed by atoms with Crippen molar-refractivity contribution in [2.24, 2.45) is 17.8 Å². The highest BCUT2D eigenvalue weighted by molar-refractivity contribution is 9.10. The van der Waals surface area contributed by atoms with Crippen LogP contribution in [0, 0.1) is 27.9 Å². The lowest BCUT2D eigenvalue weighted by Crippen LogP contribution is -2.55. The lowest BCUT2D eigenvalue weighted by atomic mass is 9.53.